The minimum atomic E-state index is -0.820. The second-order valence-corrected chi connectivity index (χ2v) is 15.5. The molecule has 4 amide bonds. The number of likely N-dealkylation sites (N-methyl/N-ethyl adjacent to an activating group) is 2. The van der Waals surface area contributed by atoms with Gasteiger partial charge in [0.15, 0.2) is 0 Å². The fourth-order valence-electron chi connectivity index (χ4n) is 7.52. The van der Waals surface area contributed by atoms with Gasteiger partial charge in [-0.1, -0.05) is 85.2 Å². The number of methoxy groups -OCH3 is 2. The van der Waals surface area contributed by atoms with Gasteiger partial charge in [0.2, 0.25) is 23.6 Å². The van der Waals surface area contributed by atoms with E-state index in [1.807, 2.05) is 78.8 Å². The monoisotopic (exact) mass is 732 g/mol. The van der Waals surface area contributed by atoms with Gasteiger partial charge in [0.25, 0.3) is 0 Å². The lowest BCUT2D eigenvalue weighted by Crippen LogP contribution is -2.59. The lowest BCUT2D eigenvalue weighted by atomic mass is 9.89. The molecule has 0 unspecified atom stereocenters. The molecule has 2 rings (SSSR count). The van der Waals surface area contributed by atoms with Crippen LogP contribution in [0.15, 0.2) is 30.3 Å². The van der Waals surface area contributed by atoms with Gasteiger partial charge in [-0.3, -0.25) is 19.2 Å². The van der Waals surface area contributed by atoms with E-state index in [1.54, 1.807) is 40.1 Å². The fourth-order valence-corrected chi connectivity index (χ4v) is 7.52. The summed E-state index contributed by atoms with van der Waals surface area (Å²) in [5.74, 6) is -1.09. The topological polar surface area (TPSA) is 158 Å². The number of carbonyl (C=O) groups excluding carboxylic acids is 4. The molecular weight excluding hydrogens is 662 g/mol. The van der Waals surface area contributed by atoms with Crippen LogP contribution in [0.5, 0.6) is 0 Å². The maximum absolute atomic E-state index is 13.9. The Morgan fingerprint density at radius 3 is 2.08 bits per heavy atom. The average molecular weight is 732 g/mol. The molecule has 52 heavy (non-hydrogen) atoms. The Balaban J connectivity index is 1.96. The average Bonchev–Trinajstić information content (AvgIpc) is 3.85. The molecule has 0 saturated heterocycles. The van der Waals surface area contributed by atoms with E-state index in [0.717, 1.165) is 24.8 Å². The number of nitrogens with zero attached hydrogens (tertiary/aromatic N) is 1. The van der Waals surface area contributed by atoms with Crippen LogP contribution in [0.4, 0.5) is 0 Å². The highest BCUT2D eigenvalue weighted by molar-refractivity contribution is 5.90. The van der Waals surface area contributed by atoms with Gasteiger partial charge < -0.3 is 40.7 Å². The molecule has 1 aromatic rings. The molecule has 0 aliphatic heterocycles. The van der Waals surface area contributed by atoms with Crippen LogP contribution in [0.1, 0.15) is 99.2 Å². The Morgan fingerprint density at radius 2 is 1.56 bits per heavy atom. The third-order valence-electron chi connectivity index (χ3n) is 11.2. The normalized spacial score (nSPS) is 21.6. The van der Waals surface area contributed by atoms with Crippen LogP contribution >= 0.6 is 0 Å². The Hall–Kier alpha value is -3.06. The smallest absolute Gasteiger partial charge is 0.245 e. The summed E-state index contributed by atoms with van der Waals surface area (Å²) in [7, 11) is 6.66. The number of hydrogen-bond donors (Lipinski definition) is 5. The maximum Gasteiger partial charge on any atom is 0.245 e. The van der Waals surface area contributed by atoms with Gasteiger partial charge in [0.05, 0.1) is 48.3 Å². The van der Waals surface area contributed by atoms with E-state index in [9.17, 15) is 24.3 Å². The van der Waals surface area contributed by atoms with Crippen LogP contribution in [-0.2, 0) is 28.7 Å². The standard InChI is InChI=1S/C40H69N5O7/c1-13-26(6)35(45(10)39(50)34(25(4)5)44-38(49)33(41-9)24(2)3)31(51-11)22-32(46)42-21-17-20-30-23-40(30,52-12)27(7)37(48)43-28(8)36(47)29-18-15-14-16-19-29/h14-16,18-19,24-28,30-31,33-36,41,47H,13,17,20-23H2,1-12H3,(H,42,46)(H,43,48)(H,44,49)/t26-,27-,28+,30+,31+,33-,34-,35-,36+,40+/m0/s1. The quantitative estimate of drug-likeness (QED) is 0.106. The maximum atomic E-state index is 13.9. The van der Waals surface area contributed by atoms with Crippen LogP contribution in [0.25, 0.3) is 0 Å². The van der Waals surface area contributed by atoms with Crippen LogP contribution in [-0.4, -0.2) is 104 Å². The first-order chi connectivity index (χ1) is 24.5. The highest BCUT2D eigenvalue weighted by Gasteiger charge is 2.59. The van der Waals surface area contributed by atoms with Gasteiger partial charge in [0.1, 0.15) is 6.04 Å². The van der Waals surface area contributed by atoms with E-state index in [-0.39, 0.29) is 53.7 Å². The molecule has 1 fully saturated rings. The number of hydrogen-bond acceptors (Lipinski definition) is 8. The predicted molar refractivity (Wildman–Crippen MR) is 204 cm³/mol. The summed E-state index contributed by atoms with van der Waals surface area (Å²) >= 11 is 0. The minimum absolute atomic E-state index is 0.0248. The molecule has 0 spiro atoms. The van der Waals surface area contributed by atoms with Crippen molar-refractivity contribution in [3.05, 3.63) is 35.9 Å². The van der Waals surface area contributed by atoms with Gasteiger partial charge in [0, 0.05) is 27.8 Å². The van der Waals surface area contributed by atoms with E-state index in [1.165, 1.54) is 0 Å². The molecule has 12 nitrogen and oxygen atoms in total. The highest BCUT2D eigenvalue weighted by atomic mass is 16.5. The minimum Gasteiger partial charge on any atom is -0.386 e. The third-order valence-corrected chi connectivity index (χ3v) is 11.2. The van der Waals surface area contributed by atoms with Crippen molar-refractivity contribution in [2.45, 2.75) is 129 Å². The van der Waals surface area contributed by atoms with Crippen molar-refractivity contribution in [3.8, 4) is 0 Å². The molecule has 1 saturated carbocycles. The van der Waals surface area contributed by atoms with Crippen molar-refractivity contribution in [1.82, 2.24) is 26.2 Å². The lowest BCUT2D eigenvalue weighted by Gasteiger charge is -2.40. The first kappa shape index (κ1) is 45.1. The zero-order chi connectivity index (χ0) is 39.3. The van der Waals surface area contributed by atoms with Crippen molar-refractivity contribution in [2.24, 2.45) is 29.6 Å². The first-order valence-electron chi connectivity index (χ1n) is 19.1. The third kappa shape index (κ3) is 11.7. The number of aliphatic hydroxyl groups excluding tert-OH is 1. The predicted octanol–water partition coefficient (Wildman–Crippen LogP) is 3.83. The SMILES string of the molecule is CC[C@H](C)[C@@H]([C@@H](CC(=O)NCCC[C@@H]1C[C@@]1(OC)[C@@H](C)C(=O)N[C@H](C)[C@@H](O)c1ccccc1)OC)N(C)C(=O)[C@@H](NC(=O)[C@@H](NC)C(C)C)C(C)C. The van der Waals surface area contributed by atoms with Crippen LogP contribution in [0.3, 0.4) is 0 Å². The van der Waals surface area contributed by atoms with Gasteiger partial charge in [-0.15, -0.1) is 0 Å². The molecule has 0 radical (unpaired) electrons. The molecule has 296 valence electrons. The molecule has 0 heterocycles. The second kappa shape index (κ2) is 21.0. The lowest BCUT2D eigenvalue weighted by molar-refractivity contribution is -0.144. The van der Waals surface area contributed by atoms with E-state index >= 15 is 0 Å². The van der Waals surface area contributed by atoms with Crippen molar-refractivity contribution >= 4 is 23.6 Å². The zero-order valence-electron chi connectivity index (χ0n) is 33.8. The van der Waals surface area contributed by atoms with Gasteiger partial charge >= 0.3 is 0 Å². The van der Waals surface area contributed by atoms with Gasteiger partial charge in [-0.05, 0) is 62.5 Å². The first-order valence-corrected chi connectivity index (χ1v) is 19.1. The Bertz CT molecular complexity index is 1280. The number of rotatable bonds is 23. The second-order valence-electron chi connectivity index (χ2n) is 15.5. The fraction of sp³-hybridized carbons (Fsp3) is 0.750. The highest BCUT2D eigenvalue weighted by Crippen LogP contribution is 2.54. The van der Waals surface area contributed by atoms with E-state index in [2.05, 4.69) is 21.3 Å². The largest absolute Gasteiger partial charge is 0.386 e. The van der Waals surface area contributed by atoms with Crippen molar-refractivity contribution in [3.63, 3.8) is 0 Å². The Kier molecular flexibility index (Phi) is 18.2. The molecule has 1 aliphatic rings. The number of aliphatic hydroxyl groups is 1. The van der Waals surface area contributed by atoms with Gasteiger partial charge in [-0.2, -0.15) is 0 Å². The van der Waals surface area contributed by atoms with Crippen molar-refractivity contribution < 1.29 is 33.8 Å². The summed E-state index contributed by atoms with van der Waals surface area (Å²) in [5.41, 5.74) is 0.164. The molecular formula is C40H69N5O7. The summed E-state index contributed by atoms with van der Waals surface area (Å²) in [6.45, 7) is 15.9. The zero-order valence-corrected chi connectivity index (χ0v) is 33.8. The van der Waals surface area contributed by atoms with Crippen LogP contribution in [0.2, 0.25) is 0 Å². The summed E-state index contributed by atoms with van der Waals surface area (Å²) in [4.78, 5) is 55.1. The van der Waals surface area contributed by atoms with Gasteiger partial charge in [-0.25, -0.2) is 0 Å². The van der Waals surface area contributed by atoms with Crippen molar-refractivity contribution in [1.29, 1.82) is 0 Å². The summed E-state index contributed by atoms with van der Waals surface area (Å²) < 4.78 is 11.8. The van der Waals surface area contributed by atoms with E-state index < -0.39 is 47.9 Å². The molecule has 10 atom stereocenters. The van der Waals surface area contributed by atoms with Crippen LogP contribution in [0, 0.1) is 29.6 Å². The molecule has 12 heteroatoms. The van der Waals surface area contributed by atoms with Crippen LogP contribution < -0.4 is 21.3 Å². The molecule has 5 N–H and O–H groups in total. The molecule has 1 aromatic carbocycles. The summed E-state index contributed by atoms with van der Waals surface area (Å²) in [5, 5.41) is 22.7. The van der Waals surface area contributed by atoms with Crippen molar-refractivity contribution in [2.75, 3.05) is 34.9 Å². The molecule has 1 aliphatic carbocycles. The number of carbonyl (C=O) groups is 4. The van der Waals surface area contributed by atoms with E-state index in [0.29, 0.717) is 13.0 Å². The Morgan fingerprint density at radius 1 is 0.942 bits per heavy atom. The number of ether oxygens (including phenoxy) is 2. The summed E-state index contributed by atoms with van der Waals surface area (Å²) in [6.07, 6.45) is 1.70. The number of amides is 4. The number of benzene rings is 1. The molecule has 0 bridgehead atoms. The van der Waals surface area contributed by atoms with E-state index in [4.69, 9.17) is 9.47 Å². The molecule has 0 aromatic heterocycles. The Labute approximate surface area is 312 Å². The number of nitrogens with one attached hydrogen (secondary N) is 4. The summed E-state index contributed by atoms with van der Waals surface area (Å²) in [6, 6.07) is 7.24.